The maximum atomic E-state index is 12.5. The van der Waals surface area contributed by atoms with Crippen molar-refractivity contribution in [1.29, 1.82) is 0 Å². The van der Waals surface area contributed by atoms with E-state index in [0.717, 1.165) is 24.2 Å². The molecule has 1 N–H and O–H groups in total. The normalized spacial score (nSPS) is 18.1. The Morgan fingerprint density at radius 2 is 1.10 bits per heavy atom. The van der Waals surface area contributed by atoms with Crippen molar-refractivity contribution in [2.45, 2.75) is 51.7 Å². The largest absolute Gasteiger partial charge is 0.348 e. The molecule has 0 bridgehead atoms. The molecule has 4 rings (SSSR count). The standard InChI is InChI=1S/C25H33N3O/c29-25(24-12-10-23(11-13-24)20-27-14-2-1-3-15-27)26-18-21-6-8-22(9-7-21)19-28-16-4-5-17-28/h6-13H,1-5,14-20H2,(H,26,29). The first-order valence-corrected chi connectivity index (χ1v) is 11.2. The predicted molar refractivity (Wildman–Crippen MR) is 118 cm³/mol. The Balaban J connectivity index is 1.24. The minimum atomic E-state index is -0.00401. The summed E-state index contributed by atoms with van der Waals surface area (Å²) in [5.74, 6) is -0.00401. The lowest BCUT2D eigenvalue weighted by molar-refractivity contribution is 0.0951. The molecule has 0 aliphatic carbocycles. The minimum Gasteiger partial charge on any atom is -0.348 e. The van der Waals surface area contributed by atoms with Gasteiger partial charge in [-0.15, -0.1) is 0 Å². The lowest BCUT2D eigenvalue weighted by Crippen LogP contribution is -2.29. The van der Waals surface area contributed by atoms with Crippen LogP contribution in [0, 0.1) is 0 Å². The van der Waals surface area contributed by atoms with Crippen LogP contribution < -0.4 is 5.32 Å². The summed E-state index contributed by atoms with van der Waals surface area (Å²) >= 11 is 0. The summed E-state index contributed by atoms with van der Waals surface area (Å²) in [6.45, 7) is 7.42. The highest BCUT2D eigenvalue weighted by Gasteiger charge is 2.12. The molecule has 2 saturated heterocycles. The molecule has 2 heterocycles. The molecule has 2 aromatic rings. The van der Waals surface area contributed by atoms with Gasteiger partial charge in [0.15, 0.2) is 0 Å². The molecule has 154 valence electrons. The van der Waals surface area contributed by atoms with Crippen molar-refractivity contribution in [3.63, 3.8) is 0 Å². The van der Waals surface area contributed by atoms with Crippen molar-refractivity contribution in [2.75, 3.05) is 26.2 Å². The van der Waals surface area contributed by atoms with E-state index in [1.807, 2.05) is 12.1 Å². The van der Waals surface area contributed by atoms with Crippen molar-refractivity contribution in [3.8, 4) is 0 Å². The van der Waals surface area contributed by atoms with Crippen LogP contribution in [0.4, 0.5) is 0 Å². The minimum absolute atomic E-state index is 0.00401. The van der Waals surface area contributed by atoms with E-state index in [1.54, 1.807) is 0 Å². The zero-order chi connectivity index (χ0) is 19.9. The molecule has 0 radical (unpaired) electrons. The second-order valence-electron chi connectivity index (χ2n) is 8.52. The molecule has 0 saturated carbocycles. The number of rotatable bonds is 7. The highest BCUT2D eigenvalue weighted by Crippen LogP contribution is 2.15. The van der Waals surface area contributed by atoms with Crippen molar-refractivity contribution in [2.24, 2.45) is 0 Å². The van der Waals surface area contributed by atoms with E-state index in [-0.39, 0.29) is 5.91 Å². The average Bonchev–Trinajstić information content (AvgIpc) is 3.27. The Labute approximate surface area is 174 Å². The number of amides is 1. The first-order chi connectivity index (χ1) is 14.3. The molecule has 4 nitrogen and oxygen atoms in total. The number of nitrogens with one attached hydrogen (secondary N) is 1. The fourth-order valence-corrected chi connectivity index (χ4v) is 4.38. The third-order valence-electron chi connectivity index (χ3n) is 6.15. The molecular formula is C25H33N3O. The number of likely N-dealkylation sites (tertiary alicyclic amines) is 2. The number of benzene rings is 2. The van der Waals surface area contributed by atoms with Gasteiger partial charge in [0.2, 0.25) is 0 Å². The maximum absolute atomic E-state index is 12.5. The fourth-order valence-electron chi connectivity index (χ4n) is 4.38. The molecule has 29 heavy (non-hydrogen) atoms. The van der Waals surface area contributed by atoms with E-state index >= 15 is 0 Å². The maximum Gasteiger partial charge on any atom is 0.251 e. The molecule has 0 atom stereocenters. The highest BCUT2D eigenvalue weighted by atomic mass is 16.1. The van der Waals surface area contributed by atoms with Crippen LogP contribution in [0.3, 0.4) is 0 Å². The lowest BCUT2D eigenvalue weighted by atomic mass is 10.1. The number of carbonyl (C=O) groups is 1. The van der Waals surface area contributed by atoms with Crippen molar-refractivity contribution in [3.05, 3.63) is 70.8 Å². The Bertz CT molecular complexity index is 773. The van der Waals surface area contributed by atoms with Crippen LogP contribution in [0.25, 0.3) is 0 Å². The Morgan fingerprint density at radius 1 is 0.655 bits per heavy atom. The number of nitrogens with zero attached hydrogens (tertiary/aromatic N) is 2. The molecule has 0 aromatic heterocycles. The number of hydrogen-bond donors (Lipinski definition) is 1. The fraction of sp³-hybridized carbons (Fsp3) is 0.480. The molecule has 0 spiro atoms. The van der Waals surface area contributed by atoms with Gasteiger partial charge in [-0.2, -0.15) is 0 Å². The average molecular weight is 392 g/mol. The van der Waals surface area contributed by atoms with Crippen LogP contribution in [-0.2, 0) is 19.6 Å². The number of hydrogen-bond acceptors (Lipinski definition) is 3. The van der Waals surface area contributed by atoms with E-state index in [4.69, 9.17) is 0 Å². The van der Waals surface area contributed by atoms with Crippen LogP contribution in [0.5, 0.6) is 0 Å². The molecule has 4 heteroatoms. The summed E-state index contributed by atoms with van der Waals surface area (Å²) in [6.07, 6.45) is 6.61. The molecule has 2 aliphatic heterocycles. The van der Waals surface area contributed by atoms with Gasteiger partial charge in [-0.05, 0) is 80.7 Å². The quantitative estimate of drug-likeness (QED) is 0.768. The van der Waals surface area contributed by atoms with Crippen molar-refractivity contribution < 1.29 is 4.79 Å². The molecule has 2 fully saturated rings. The molecular weight excluding hydrogens is 358 g/mol. The summed E-state index contributed by atoms with van der Waals surface area (Å²) < 4.78 is 0. The summed E-state index contributed by atoms with van der Waals surface area (Å²) in [7, 11) is 0. The summed E-state index contributed by atoms with van der Waals surface area (Å²) in [5.41, 5.74) is 4.52. The first-order valence-electron chi connectivity index (χ1n) is 11.2. The van der Waals surface area contributed by atoms with Crippen LogP contribution in [0.15, 0.2) is 48.5 Å². The van der Waals surface area contributed by atoms with E-state index in [1.165, 1.54) is 69.4 Å². The van der Waals surface area contributed by atoms with Gasteiger partial charge in [0.1, 0.15) is 0 Å². The third kappa shape index (κ3) is 5.91. The van der Waals surface area contributed by atoms with Crippen molar-refractivity contribution in [1.82, 2.24) is 15.1 Å². The SMILES string of the molecule is O=C(NCc1ccc(CN2CCCC2)cc1)c1ccc(CN2CCCCC2)cc1. The zero-order valence-electron chi connectivity index (χ0n) is 17.4. The van der Waals surface area contributed by atoms with Gasteiger partial charge in [-0.1, -0.05) is 42.8 Å². The summed E-state index contributed by atoms with van der Waals surface area (Å²) in [6, 6.07) is 16.7. The second-order valence-corrected chi connectivity index (χ2v) is 8.52. The second kappa shape index (κ2) is 10.0. The topological polar surface area (TPSA) is 35.6 Å². The van der Waals surface area contributed by atoms with Gasteiger partial charge in [0, 0.05) is 25.2 Å². The van der Waals surface area contributed by atoms with E-state index in [0.29, 0.717) is 6.54 Å². The van der Waals surface area contributed by atoms with Gasteiger partial charge >= 0.3 is 0 Å². The molecule has 1 amide bonds. The van der Waals surface area contributed by atoms with Crippen LogP contribution >= 0.6 is 0 Å². The van der Waals surface area contributed by atoms with Crippen LogP contribution in [-0.4, -0.2) is 41.9 Å². The van der Waals surface area contributed by atoms with Gasteiger partial charge in [-0.25, -0.2) is 0 Å². The van der Waals surface area contributed by atoms with Gasteiger partial charge in [0.25, 0.3) is 5.91 Å². The predicted octanol–water partition coefficient (Wildman–Crippen LogP) is 4.20. The van der Waals surface area contributed by atoms with Gasteiger partial charge in [0.05, 0.1) is 0 Å². The van der Waals surface area contributed by atoms with Gasteiger partial charge < -0.3 is 5.32 Å². The Morgan fingerprint density at radius 3 is 1.66 bits per heavy atom. The molecule has 0 unspecified atom stereocenters. The number of piperidine rings is 1. The van der Waals surface area contributed by atoms with E-state index in [9.17, 15) is 4.79 Å². The molecule has 2 aliphatic rings. The zero-order valence-corrected chi connectivity index (χ0v) is 17.4. The van der Waals surface area contributed by atoms with Crippen LogP contribution in [0.2, 0.25) is 0 Å². The third-order valence-corrected chi connectivity index (χ3v) is 6.15. The summed E-state index contributed by atoms with van der Waals surface area (Å²) in [4.78, 5) is 17.5. The molecule has 2 aromatic carbocycles. The monoisotopic (exact) mass is 391 g/mol. The number of carbonyl (C=O) groups excluding carboxylic acids is 1. The van der Waals surface area contributed by atoms with Crippen molar-refractivity contribution >= 4 is 5.91 Å². The lowest BCUT2D eigenvalue weighted by Gasteiger charge is -2.26. The van der Waals surface area contributed by atoms with Crippen LogP contribution in [0.1, 0.15) is 59.2 Å². The highest BCUT2D eigenvalue weighted by molar-refractivity contribution is 5.94. The Hall–Kier alpha value is -2.17. The summed E-state index contributed by atoms with van der Waals surface area (Å²) in [5, 5.41) is 3.05. The first kappa shape index (κ1) is 20.1. The van der Waals surface area contributed by atoms with E-state index in [2.05, 4.69) is 51.5 Å². The van der Waals surface area contributed by atoms with E-state index < -0.39 is 0 Å². The smallest absolute Gasteiger partial charge is 0.251 e. The van der Waals surface area contributed by atoms with Gasteiger partial charge in [-0.3, -0.25) is 14.6 Å². The Kier molecular flexibility index (Phi) is 6.96.